The summed E-state index contributed by atoms with van der Waals surface area (Å²) >= 11 is 0. The molecule has 0 fully saturated rings. The second-order valence-electron chi connectivity index (χ2n) is 4.49. The average Bonchev–Trinajstić information content (AvgIpc) is 2.34. The molecule has 1 amide bonds. The molecule has 0 aliphatic heterocycles. The van der Waals surface area contributed by atoms with Crippen LogP contribution in [0.3, 0.4) is 0 Å². The van der Waals surface area contributed by atoms with Gasteiger partial charge in [0, 0.05) is 11.6 Å². The lowest BCUT2D eigenvalue weighted by Gasteiger charge is -2.26. The maximum absolute atomic E-state index is 12.3. The minimum absolute atomic E-state index is 0.0182. The van der Waals surface area contributed by atoms with Gasteiger partial charge in [0.05, 0.1) is 6.54 Å². The van der Waals surface area contributed by atoms with E-state index in [1.807, 2.05) is 39.0 Å². The molecule has 5 heteroatoms. The number of amidine groups is 1. The van der Waals surface area contributed by atoms with Crippen LogP contribution in [-0.4, -0.2) is 34.4 Å². The highest BCUT2D eigenvalue weighted by atomic mass is 16.4. The van der Waals surface area contributed by atoms with Gasteiger partial charge in [-0.05, 0) is 32.9 Å². The molecule has 5 nitrogen and oxygen atoms in total. The van der Waals surface area contributed by atoms with Crippen molar-refractivity contribution in [2.45, 2.75) is 26.8 Å². The fourth-order valence-electron chi connectivity index (χ4n) is 1.64. The highest BCUT2D eigenvalue weighted by Crippen LogP contribution is 2.10. The Morgan fingerprint density at radius 3 is 2.67 bits per heavy atom. The van der Waals surface area contributed by atoms with Crippen LogP contribution in [0.4, 0.5) is 0 Å². The first-order chi connectivity index (χ1) is 8.45. The van der Waals surface area contributed by atoms with E-state index in [-0.39, 0.29) is 24.3 Å². The number of carbonyl (C=O) groups excluding carboxylic acids is 1. The number of amides is 1. The SMILES string of the molecule is Cc1cccc(C(=O)N(CC(N)=NO)C(C)C)c1. The third-order valence-corrected chi connectivity index (χ3v) is 2.61. The average molecular weight is 249 g/mol. The van der Waals surface area contributed by atoms with Crippen LogP contribution in [0.15, 0.2) is 29.4 Å². The van der Waals surface area contributed by atoms with Crippen molar-refractivity contribution in [3.8, 4) is 0 Å². The van der Waals surface area contributed by atoms with Crippen molar-refractivity contribution < 1.29 is 10.0 Å². The van der Waals surface area contributed by atoms with E-state index < -0.39 is 0 Å². The normalized spacial score (nSPS) is 11.7. The summed E-state index contributed by atoms with van der Waals surface area (Å²) < 4.78 is 0. The van der Waals surface area contributed by atoms with Crippen LogP contribution in [0.1, 0.15) is 29.8 Å². The Balaban J connectivity index is 2.96. The van der Waals surface area contributed by atoms with Crippen LogP contribution in [0.25, 0.3) is 0 Å². The first-order valence-corrected chi connectivity index (χ1v) is 5.79. The topological polar surface area (TPSA) is 78.9 Å². The summed E-state index contributed by atoms with van der Waals surface area (Å²) in [4.78, 5) is 13.9. The lowest BCUT2D eigenvalue weighted by Crippen LogP contribution is -2.42. The number of rotatable bonds is 4. The Kier molecular flexibility index (Phi) is 4.71. The van der Waals surface area contributed by atoms with Crippen molar-refractivity contribution in [3.05, 3.63) is 35.4 Å². The zero-order chi connectivity index (χ0) is 13.7. The van der Waals surface area contributed by atoms with E-state index in [2.05, 4.69) is 5.16 Å². The quantitative estimate of drug-likeness (QED) is 0.368. The van der Waals surface area contributed by atoms with Crippen LogP contribution in [-0.2, 0) is 0 Å². The fourth-order valence-corrected chi connectivity index (χ4v) is 1.64. The lowest BCUT2D eigenvalue weighted by atomic mass is 10.1. The van der Waals surface area contributed by atoms with E-state index in [1.54, 1.807) is 11.0 Å². The van der Waals surface area contributed by atoms with Crippen LogP contribution in [0.2, 0.25) is 0 Å². The Bertz CT molecular complexity index is 455. The van der Waals surface area contributed by atoms with Crippen molar-refractivity contribution in [2.75, 3.05) is 6.54 Å². The summed E-state index contributed by atoms with van der Waals surface area (Å²) in [5, 5.41) is 11.5. The second-order valence-corrected chi connectivity index (χ2v) is 4.49. The number of aryl methyl sites for hydroxylation is 1. The minimum atomic E-state index is -0.125. The first kappa shape index (κ1) is 14.0. The van der Waals surface area contributed by atoms with Crippen LogP contribution in [0, 0.1) is 6.92 Å². The molecule has 0 saturated carbocycles. The molecule has 0 aliphatic carbocycles. The van der Waals surface area contributed by atoms with Gasteiger partial charge in [-0.15, -0.1) is 0 Å². The number of benzene rings is 1. The largest absolute Gasteiger partial charge is 0.409 e. The van der Waals surface area contributed by atoms with Crippen LogP contribution >= 0.6 is 0 Å². The number of oxime groups is 1. The van der Waals surface area contributed by atoms with Gasteiger partial charge in [-0.1, -0.05) is 22.9 Å². The lowest BCUT2D eigenvalue weighted by molar-refractivity contribution is 0.0734. The zero-order valence-corrected chi connectivity index (χ0v) is 10.9. The third kappa shape index (κ3) is 3.48. The number of nitrogens with two attached hydrogens (primary N) is 1. The predicted octanol–water partition coefficient (Wildman–Crippen LogP) is 1.59. The molecule has 3 N–H and O–H groups in total. The highest BCUT2D eigenvalue weighted by molar-refractivity contribution is 5.97. The summed E-state index contributed by atoms with van der Waals surface area (Å²) in [5.41, 5.74) is 7.09. The van der Waals surface area contributed by atoms with Gasteiger partial charge in [0.15, 0.2) is 5.84 Å². The standard InChI is InChI=1S/C13H19N3O2/c1-9(2)16(8-12(14)15-18)13(17)11-6-4-5-10(3)7-11/h4-7,9,18H,8H2,1-3H3,(H2,14,15). The maximum Gasteiger partial charge on any atom is 0.254 e. The zero-order valence-electron chi connectivity index (χ0n) is 10.9. The van der Waals surface area contributed by atoms with Gasteiger partial charge in [-0.2, -0.15) is 0 Å². The van der Waals surface area contributed by atoms with Gasteiger partial charge >= 0.3 is 0 Å². The first-order valence-electron chi connectivity index (χ1n) is 5.79. The van der Waals surface area contributed by atoms with Gasteiger partial charge in [-0.3, -0.25) is 4.79 Å². The number of hydrogen-bond donors (Lipinski definition) is 2. The van der Waals surface area contributed by atoms with E-state index in [0.717, 1.165) is 5.56 Å². The summed E-state index contributed by atoms with van der Waals surface area (Å²) in [6.45, 7) is 5.82. The molecule has 1 aromatic carbocycles. The molecule has 1 aromatic rings. The van der Waals surface area contributed by atoms with Gasteiger partial charge in [0.25, 0.3) is 5.91 Å². The maximum atomic E-state index is 12.3. The Morgan fingerprint density at radius 1 is 1.50 bits per heavy atom. The Labute approximate surface area is 107 Å². The monoisotopic (exact) mass is 249 g/mol. The van der Waals surface area contributed by atoms with E-state index in [0.29, 0.717) is 5.56 Å². The van der Waals surface area contributed by atoms with E-state index in [9.17, 15) is 4.79 Å². The molecule has 0 spiro atoms. The Morgan fingerprint density at radius 2 is 2.17 bits per heavy atom. The van der Waals surface area contributed by atoms with E-state index in [4.69, 9.17) is 10.9 Å². The molecule has 0 aliphatic rings. The number of carbonyl (C=O) groups is 1. The predicted molar refractivity (Wildman–Crippen MR) is 70.8 cm³/mol. The second kappa shape index (κ2) is 6.05. The van der Waals surface area contributed by atoms with E-state index >= 15 is 0 Å². The van der Waals surface area contributed by atoms with Crippen molar-refractivity contribution in [3.63, 3.8) is 0 Å². The summed E-state index contributed by atoms with van der Waals surface area (Å²) in [6.07, 6.45) is 0. The Hall–Kier alpha value is -2.04. The highest BCUT2D eigenvalue weighted by Gasteiger charge is 2.19. The van der Waals surface area contributed by atoms with Gasteiger partial charge in [0.2, 0.25) is 0 Å². The number of hydrogen-bond acceptors (Lipinski definition) is 3. The smallest absolute Gasteiger partial charge is 0.254 e. The summed E-state index contributed by atoms with van der Waals surface area (Å²) in [5.74, 6) is -0.106. The molecule has 0 atom stereocenters. The van der Waals surface area contributed by atoms with Crippen molar-refractivity contribution in [2.24, 2.45) is 10.9 Å². The molecule has 0 saturated heterocycles. The summed E-state index contributed by atoms with van der Waals surface area (Å²) in [7, 11) is 0. The molecule has 0 heterocycles. The number of nitrogens with zero attached hydrogens (tertiary/aromatic N) is 2. The molecule has 0 radical (unpaired) electrons. The molecular formula is C13H19N3O2. The van der Waals surface area contributed by atoms with Crippen molar-refractivity contribution in [1.82, 2.24) is 4.90 Å². The molecule has 0 unspecified atom stereocenters. The van der Waals surface area contributed by atoms with Crippen molar-refractivity contribution >= 4 is 11.7 Å². The molecular weight excluding hydrogens is 230 g/mol. The van der Waals surface area contributed by atoms with Gasteiger partial charge < -0.3 is 15.8 Å². The molecule has 18 heavy (non-hydrogen) atoms. The van der Waals surface area contributed by atoms with E-state index in [1.165, 1.54) is 0 Å². The third-order valence-electron chi connectivity index (χ3n) is 2.61. The van der Waals surface area contributed by atoms with Gasteiger partial charge in [0.1, 0.15) is 0 Å². The van der Waals surface area contributed by atoms with Crippen LogP contribution in [0.5, 0.6) is 0 Å². The summed E-state index contributed by atoms with van der Waals surface area (Å²) in [6, 6.07) is 7.32. The van der Waals surface area contributed by atoms with Gasteiger partial charge in [-0.25, -0.2) is 0 Å². The molecule has 1 rings (SSSR count). The van der Waals surface area contributed by atoms with Crippen molar-refractivity contribution in [1.29, 1.82) is 0 Å². The molecule has 98 valence electrons. The minimum Gasteiger partial charge on any atom is -0.409 e. The molecule has 0 bridgehead atoms. The fraction of sp³-hybridized carbons (Fsp3) is 0.385. The molecule has 0 aromatic heterocycles. The van der Waals surface area contributed by atoms with Crippen LogP contribution < -0.4 is 5.73 Å².